The molecule has 0 bridgehead atoms. The standard InChI is InChI=1S/C19H22N2OS/c1-3-14-8-9-17-16(10-14)11-18(23-17)19(22)21-20-12-15-7-5-4-6-13(15)2/h4-7,11-12,14H,3,8-10H2,1-2H3,(H,21,22)/b20-12-/t14-/m1/s1. The summed E-state index contributed by atoms with van der Waals surface area (Å²) in [5.41, 5.74) is 6.17. The van der Waals surface area contributed by atoms with Crippen LogP contribution in [0.4, 0.5) is 0 Å². The Morgan fingerprint density at radius 1 is 1.43 bits per heavy atom. The monoisotopic (exact) mass is 326 g/mol. The number of amides is 1. The average molecular weight is 326 g/mol. The van der Waals surface area contributed by atoms with Crippen LogP contribution in [0.2, 0.25) is 0 Å². The van der Waals surface area contributed by atoms with Gasteiger partial charge in [0.05, 0.1) is 11.1 Å². The molecular weight excluding hydrogens is 304 g/mol. The van der Waals surface area contributed by atoms with Crippen LogP contribution in [-0.4, -0.2) is 12.1 Å². The fraction of sp³-hybridized carbons (Fsp3) is 0.368. The van der Waals surface area contributed by atoms with Crippen molar-refractivity contribution in [3.8, 4) is 0 Å². The number of nitrogens with one attached hydrogen (secondary N) is 1. The Morgan fingerprint density at radius 2 is 2.26 bits per heavy atom. The molecule has 120 valence electrons. The SMILES string of the molecule is CC[C@@H]1CCc2sc(C(=O)N/N=C\c3ccccc3C)cc2C1. The van der Waals surface area contributed by atoms with Crippen LogP contribution < -0.4 is 5.43 Å². The van der Waals surface area contributed by atoms with Crippen LogP contribution in [0.15, 0.2) is 35.4 Å². The lowest BCUT2D eigenvalue weighted by atomic mass is 9.87. The number of hydrogen-bond acceptors (Lipinski definition) is 3. The first-order valence-corrected chi connectivity index (χ1v) is 8.99. The van der Waals surface area contributed by atoms with Gasteiger partial charge in [-0.25, -0.2) is 5.43 Å². The molecule has 1 aromatic carbocycles. The predicted octanol–water partition coefficient (Wildman–Crippen LogP) is 4.34. The van der Waals surface area contributed by atoms with Crippen molar-refractivity contribution in [2.45, 2.75) is 39.5 Å². The number of rotatable bonds is 4. The Labute approximate surface area is 141 Å². The van der Waals surface area contributed by atoms with E-state index >= 15 is 0 Å². The van der Waals surface area contributed by atoms with Gasteiger partial charge in [-0.05, 0) is 54.9 Å². The molecule has 0 radical (unpaired) electrons. The van der Waals surface area contributed by atoms with E-state index in [-0.39, 0.29) is 5.91 Å². The summed E-state index contributed by atoms with van der Waals surface area (Å²) >= 11 is 1.62. The maximum absolute atomic E-state index is 12.3. The van der Waals surface area contributed by atoms with Crippen molar-refractivity contribution >= 4 is 23.5 Å². The quantitative estimate of drug-likeness (QED) is 0.659. The van der Waals surface area contributed by atoms with Gasteiger partial charge in [-0.1, -0.05) is 37.6 Å². The van der Waals surface area contributed by atoms with E-state index in [4.69, 9.17) is 0 Å². The van der Waals surface area contributed by atoms with E-state index in [2.05, 4.69) is 23.5 Å². The normalized spacial score (nSPS) is 17.2. The van der Waals surface area contributed by atoms with E-state index in [1.54, 1.807) is 17.6 Å². The second-order valence-electron chi connectivity index (χ2n) is 6.13. The van der Waals surface area contributed by atoms with E-state index in [0.29, 0.717) is 0 Å². The lowest BCUT2D eigenvalue weighted by Crippen LogP contribution is -2.16. The van der Waals surface area contributed by atoms with Crippen LogP contribution in [0, 0.1) is 12.8 Å². The molecular formula is C19H22N2OS. The Morgan fingerprint density at radius 3 is 3.04 bits per heavy atom. The smallest absolute Gasteiger partial charge is 0.266 e. The lowest BCUT2D eigenvalue weighted by molar-refractivity contribution is 0.0959. The maximum atomic E-state index is 12.3. The number of benzene rings is 1. The van der Waals surface area contributed by atoms with Crippen LogP contribution in [0.25, 0.3) is 0 Å². The van der Waals surface area contributed by atoms with Crippen LogP contribution in [0.3, 0.4) is 0 Å². The van der Waals surface area contributed by atoms with Gasteiger partial charge in [0.1, 0.15) is 0 Å². The number of fused-ring (bicyclic) bond motifs is 1. The molecule has 23 heavy (non-hydrogen) atoms. The van der Waals surface area contributed by atoms with Crippen molar-refractivity contribution in [3.05, 3.63) is 56.8 Å². The van der Waals surface area contributed by atoms with Crippen LogP contribution in [0.1, 0.15) is 51.0 Å². The minimum absolute atomic E-state index is 0.109. The van der Waals surface area contributed by atoms with Crippen molar-refractivity contribution in [2.24, 2.45) is 11.0 Å². The lowest BCUT2D eigenvalue weighted by Gasteiger charge is -2.19. The highest BCUT2D eigenvalue weighted by Crippen LogP contribution is 2.33. The van der Waals surface area contributed by atoms with Crippen molar-refractivity contribution < 1.29 is 4.79 Å². The van der Waals surface area contributed by atoms with Gasteiger partial charge in [-0.15, -0.1) is 11.3 Å². The molecule has 1 N–H and O–H groups in total. The Kier molecular flexibility index (Phi) is 4.91. The highest BCUT2D eigenvalue weighted by molar-refractivity contribution is 7.14. The molecule has 0 saturated heterocycles. The average Bonchev–Trinajstić information content (AvgIpc) is 2.99. The van der Waals surface area contributed by atoms with Gasteiger partial charge in [0.2, 0.25) is 0 Å². The maximum Gasteiger partial charge on any atom is 0.281 e. The Balaban J connectivity index is 1.65. The number of hydrogen-bond donors (Lipinski definition) is 1. The van der Waals surface area contributed by atoms with E-state index in [0.717, 1.165) is 34.8 Å². The van der Waals surface area contributed by atoms with Gasteiger partial charge < -0.3 is 0 Å². The fourth-order valence-electron chi connectivity index (χ4n) is 3.01. The molecule has 3 rings (SSSR count). The molecule has 3 nitrogen and oxygen atoms in total. The molecule has 1 atom stereocenters. The summed E-state index contributed by atoms with van der Waals surface area (Å²) in [6.45, 7) is 4.27. The number of nitrogens with zero attached hydrogens (tertiary/aromatic N) is 1. The Bertz CT molecular complexity index is 733. The van der Waals surface area contributed by atoms with Crippen molar-refractivity contribution in [1.82, 2.24) is 5.43 Å². The second kappa shape index (κ2) is 7.09. The summed E-state index contributed by atoms with van der Waals surface area (Å²) in [7, 11) is 0. The summed E-state index contributed by atoms with van der Waals surface area (Å²) in [6.07, 6.45) is 6.39. The van der Waals surface area contributed by atoms with Crippen molar-refractivity contribution in [2.75, 3.05) is 0 Å². The predicted molar refractivity (Wildman–Crippen MR) is 96.4 cm³/mol. The molecule has 1 aliphatic rings. The second-order valence-corrected chi connectivity index (χ2v) is 7.27. The molecule has 0 aliphatic heterocycles. The van der Waals surface area contributed by atoms with Crippen molar-refractivity contribution in [3.63, 3.8) is 0 Å². The van der Waals surface area contributed by atoms with Gasteiger partial charge in [-0.3, -0.25) is 4.79 Å². The zero-order chi connectivity index (χ0) is 16.2. The molecule has 1 amide bonds. The van der Waals surface area contributed by atoms with E-state index in [1.165, 1.54) is 23.3 Å². The third-order valence-electron chi connectivity index (χ3n) is 4.54. The topological polar surface area (TPSA) is 41.5 Å². The third-order valence-corrected chi connectivity index (χ3v) is 5.78. The Hall–Kier alpha value is -1.94. The van der Waals surface area contributed by atoms with Crippen molar-refractivity contribution in [1.29, 1.82) is 0 Å². The first-order chi connectivity index (χ1) is 11.2. The van der Waals surface area contributed by atoms with Crippen LogP contribution in [-0.2, 0) is 12.8 Å². The van der Waals surface area contributed by atoms with E-state index < -0.39 is 0 Å². The third kappa shape index (κ3) is 3.70. The summed E-state index contributed by atoms with van der Waals surface area (Å²) in [4.78, 5) is 14.4. The van der Waals surface area contributed by atoms with Crippen LogP contribution in [0.5, 0.6) is 0 Å². The molecule has 1 heterocycles. The zero-order valence-electron chi connectivity index (χ0n) is 13.6. The molecule has 1 aromatic heterocycles. The zero-order valence-corrected chi connectivity index (χ0v) is 14.5. The minimum atomic E-state index is -0.109. The highest BCUT2D eigenvalue weighted by Gasteiger charge is 2.21. The molecule has 0 unspecified atom stereocenters. The fourth-order valence-corrected chi connectivity index (χ4v) is 4.10. The number of aryl methyl sites for hydroxylation is 2. The van der Waals surface area contributed by atoms with E-state index in [9.17, 15) is 4.79 Å². The van der Waals surface area contributed by atoms with Gasteiger partial charge in [0.25, 0.3) is 5.91 Å². The summed E-state index contributed by atoms with van der Waals surface area (Å²) in [5.74, 6) is 0.661. The molecule has 1 aliphatic carbocycles. The summed E-state index contributed by atoms with van der Waals surface area (Å²) < 4.78 is 0. The number of carbonyl (C=O) groups is 1. The molecule has 2 aromatic rings. The number of carbonyl (C=O) groups excluding carboxylic acids is 1. The molecule has 0 spiro atoms. The first kappa shape index (κ1) is 15.9. The largest absolute Gasteiger partial charge is 0.281 e. The number of hydrazone groups is 1. The molecule has 0 saturated carbocycles. The van der Waals surface area contributed by atoms with Gasteiger partial charge in [0, 0.05) is 4.88 Å². The molecule has 4 heteroatoms. The first-order valence-electron chi connectivity index (χ1n) is 8.18. The summed E-state index contributed by atoms with van der Waals surface area (Å²) in [6, 6.07) is 10.0. The molecule has 0 fully saturated rings. The minimum Gasteiger partial charge on any atom is -0.266 e. The van der Waals surface area contributed by atoms with E-state index in [1.807, 2.05) is 31.2 Å². The summed E-state index contributed by atoms with van der Waals surface area (Å²) in [5, 5.41) is 4.10. The highest BCUT2D eigenvalue weighted by atomic mass is 32.1. The van der Waals surface area contributed by atoms with Gasteiger partial charge in [0.15, 0.2) is 0 Å². The number of thiophene rings is 1. The van der Waals surface area contributed by atoms with Gasteiger partial charge in [-0.2, -0.15) is 5.10 Å². The van der Waals surface area contributed by atoms with Gasteiger partial charge >= 0.3 is 0 Å². The van der Waals surface area contributed by atoms with Crippen LogP contribution >= 0.6 is 11.3 Å².